The Balaban J connectivity index is 2.21. The molecule has 0 radical (unpaired) electrons. The summed E-state index contributed by atoms with van der Waals surface area (Å²) in [5.41, 5.74) is 0.425. The molecule has 1 aromatic rings. The summed E-state index contributed by atoms with van der Waals surface area (Å²) in [6, 6.07) is 2.36. The van der Waals surface area contributed by atoms with Crippen LogP contribution in [0.5, 0.6) is 0 Å². The SMILES string of the molecule is CNCc1cc(S(=O)(=O)NCC2CC2C)cc(F)c1Cl. The van der Waals surface area contributed by atoms with E-state index in [1.54, 1.807) is 7.05 Å². The lowest BCUT2D eigenvalue weighted by Crippen LogP contribution is -2.26. The standard InChI is InChI=1S/C13H18ClFN2O2S/c1-8-3-9(8)7-17-20(18,19)11-4-10(6-16-2)13(14)12(15)5-11/h4-5,8-9,16-17H,3,6-7H2,1-2H3. The Labute approximate surface area is 123 Å². The summed E-state index contributed by atoms with van der Waals surface area (Å²) < 4.78 is 40.5. The Morgan fingerprint density at radius 3 is 2.65 bits per heavy atom. The van der Waals surface area contributed by atoms with Crippen molar-refractivity contribution in [2.24, 2.45) is 11.8 Å². The first-order valence-electron chi connectivity index (χ1n) is 6.47. The van der Waals surface area contributed by atoms with E-state index in [1.165, 1.54) is 6.07 Å². The maximum atomic E-state index is 13.7. The highest BCUT2D eigenvalue weighted by Crippen LogP contribution is 2.37. The van der Waals surface area contributed by atoms with Crippen LogP contribution in [0.1, 0.15) is 18.9 Å². The molecule has 7 heteroatoms. The van der Waals surface area contributed by atoms with Gasteiger partial charge in [0.05, 0.1) is 9.92 Å². The van der Waals surface area contributed by atoms with E-state index in [2.05, 4.69) is 17.0 Å². The normalized spacial score (nSPS) is 22.0. The van der Waals surface area contributed by atoms with Crippen LogP contribution in [0.3, 0.4) is 0 Å². The molecule has 1 aliphatic rings. The molecule has 2 atom stereocenters. The number of halogens is 2. The molecule has 1 aromatic carbocycles. The average Bonchev–Trinajstić information content (AvgIpc) is 3.09. The van der Waals surface area contributed by atoms with Gasteiger partial charge in [-0.25, -0.2) is 17.5 Å². The molecule has 2 unspecified atom stereocenters. The molecule has 2 N–H and O–H groups in total. The van der Waals surface area contributed by atoms with Crippen molar-refractivity contribution in [2.45, 2.75) is 24.8 Å². The Morgan fingerprint density at radius 1 is 1.45 bits per heavy atom. The van der Waals surface area contributed by atoms with Crippen LogP contribution in [0.4, 0.5) is 4.39 Å². The topological polar surface area (TPSA) is 58.2 Å². The first-order chi connectivity index (χ1) is 9.35. The molecule has 1 aliphatic carbocycles. The Bertz CT molecular complexity index is 607. The van der Waals surface area contributed by atoms with Gasteiger partial charge >= 0.3 is 0 Å². The third kappa shape index (κ3) is 3.49. The highest BCUT2D eigenvalue weighted by Gasteiger charge is 2.33. The van der Waals surface area contributed by atoms with Gasteiger partial charge in [-0.2, -0.15) is 0 Å². The molecule has 0 saturated heterocycles. The first kappa shape index (κ1) is 15.7. The van der Waals surface area contributed by atoms with Crippen molar-refractivity contribution in [3.63, 3.8) is 0 Å². The predicted molar refractivity (Wildman–Crippen MR) is 76.6 cm³/mol. The van der Waals surface area contributed by atoms with Crippen LogP contribution in [0, 0.1) is 17.7 Å². The van der Waals surface area contributed by atoms with Crippen molar-refractivity contribution in [1.82, 2.24) is 10.0 Å². The quantitative estimate of drug-likeness (QED) is 0.844. The molecule has 0 amide bonds. The minimum atomic E-state index is -3.70. The molecule has 1 fully saturated rings. The van der Waals surface area contributed by atoms with Crippen LogP contribution in [0.25, 0.3) is 0 Å². The van der Waals surface area contributed by atoms with Gasteiger partial charge in [0, 0.05) is 13.1 Å². The molecular formula is C13H18ClFN2O2S. The minimum Gasteiger partial charge on any atom is -0.316 e. The zero-order valence-corrected chi connectivity index (χ0v) is 13.0. The summed E-state index contributed by atoms with van der Waals surface area (Å²) in [4.78, 5) is -0.0852. The van der Waals surface area contributed by atoms with Gasteiger partial charge in [-0.1, -0.05) is 18.5 Å². The Kier molecular flexibility index (Phi) is 4.69. The maximum Gasteiger partial charge on any atom is 0.240 e. The molecule has 4 nitrogen and oxygen atoms in total. The lowest BCUT2D eigenvalue weighted by molar-refractivity contribution is 0.570. The van der Waals surface area contributed by atoms with E-state index in [-0.39, 0.29) is 9.92 Å². The van der Waals surface area contributed by atoms with Crippen LogP contribution in [0.2, 0.25) is 5.02 Å². The molecule has 2 rings (SSSR count). The zero-order chi connectivity index (χ0) is 14.9. The fourth-order valence-electron chi connectivity index (χ4n) is 2.08. The summed E-state index contributed by atoms with van der Waals surface area (Å²) in [6.07, 6.45) is 1.03. The van der Waals surface area contributed by atoms with Crippen molar-refractivity contribution in [3.05, 3.63) is 28.5 Å². The molecule has 1 saturated carbocycles. The third-order valence-electron chi connectivity index (χ3n) is 3.57. The number of nitrogens with one attached hydrogen (secondary N) is 2. The van der Waals surface area contributed by atoms with Crippen molar-refractivity contribution in [3.8, 4) is 0 Å². The smallest absolute Gasteiger partial charge is 0.240 e. The molecule has 112 valence electrons. The van der Waals surface area contributed by atoms with E-state index < -0.39 is 15.8 Å². The number of sulfonamides is 1. The van der Waals surface area contributed by atoms with Gasteiger partial charge in [0.25, 0.3) is 0 Å². The van der Waals surface area contributed by atoms with Gasteiger partial charge < -0.3 is 5.32 Å². The van der Waals surface area contributed by atoms with Crippen LogP contribution < -0.4 is 10.0 Å². The van der Waals surface area contributed by atoms with Crippen LogP contribution in [0.15, 0.2) is 17.0 Å². The van der Waals surface area contributed by atoms with E-state index in [0.717, 1.165) is 12.5 Å². The van der Waals surface area contributed by atoms with Crippen molar-refractivity contribution in [2.75, 3.05) is 13.6 Å². The van der Waals surface area contributed by atoms with E-state index in [9.17, 15) is 12.8 Å². The second-order valence-corrected chi connectivity index (χ2v) is 7.38. The van der Waals surface area contributed by atoms with Crippen molar-refractivity contribution >= 4 is 21.6 Å². The highest BCUT2D eigenvalue weighted by atomic mass is 35.5. The van der Waals surface area contributed by atoms with Crippen LogP contribution in [-0.2, 0) is 16.6 Å². The largest absolute Gasteiger partial charge is 0.316 e. The predicted octanol–water partition coefficient (Wildman–Crippen LogP) is 2.13. The van der Waals surface area contributed by atoms with Gasteiger partial charge in [0.15, 0.2) is 0 Å². The summed E-state index contributed by atoms with van der Waals surface area (Å²) in [6.45, 7) is 2.78. The maximum absolute atomic E-state index is 13.7. The summed E-state index contributed by atoms with van der Waals surface area (Å²) >= 11 is 5.82. The molecule has 0 aromatic heterocycles. The monoisotopic (exact) mass is 320 g/mol. The van der Waals surface area contributed by atoms with E-state index in [1.807, 2.05) is 0 Å². The van der Waals surface area contributed by atoms with Crippen LogP contribution >= 0.6 is 11.6 Å². The highest BCUT2D eigenvalue weighted by molar-refractivity contribution is 7.89. The fourth-order valence-corrected chi connectivity index (χ4v) is 3.41. The van der Waals surface area contributed by atoms with Gasteiger partial charge in [-0.05, 0) is 43.0 Å². The van der Waals surface area contributed by atoms with Gasteiger partial charge in [0.2, 0.25) is 10.0 Å². The molecule has 0 heterocycles. The molecule has 0 aliphatic heterocycles. The molecule has 0 spiro atoms. The molecule has 0 bridgehead atoms. The Hall–Kier alpha value is -0.690. The summed E-state index contributed by atoms with van der Waals surface area (Å²) in [5.74, 6) is 0.220. The van der Waals surface area contributed by atoms with E-state index >= 15 is 0 Å². The number of hydrogen-bond donors (Lipinski definition) is 2. The van der Waals surface area contributed by atoms with E-state index in [0.29, 0.717) is 30.5 Å². The number of benzene rings is 1. The van der Waals surface area contributed by atoms with E-state index in [4.69, 9.17) is 11.6 Å². The Morgan fingerprint density at radius 2 is 2.10 bits per heavy atom. The minimum absolute atomic E-state index is 0.0471. The molecule has 20 heavy (non-hydrogen) atoms. The average molecular weight is 321 g/mol. The first-order valence-corrected chi connectivity index (χ1v) is 8.33. The van der Waals surface area contributed by atoms with Gasteiger partial charge in [-0.3, -0.25) is 0 Å². The number of rotatable bonds is 6. The third-order valence-corrected chi connectivity index (χ3v) is 5.39. The lowest BCUT2D eigenvalue weighted by atomic mass is 10.2. The second kappa shape index (κ2) is 5.97. The van der Waals surface area contributed by atoms with Crippen LogP contribution in [-0.4, -0.2) is 22.0 Å². The number of hydrogen-bond acceptors (Lipinski definition) is 3. The lowest BCUT2D eigenvalue weighted by Gasteiger charge is -2.10. The van der Waals surface area contributed by atoms with Gasteiger partial charge in [-0.15, -0.1) is 0 Å². The summed E-state index contributed by atoms with van der Waals surface area (Å²) in [5, 5.41) is 2.78. The molecular weight excluding hydrogens is 303 g/mol. The second-order valence-electron chi connectivity index (χ2n) is 5.23. The fraction of sp³-hybridized carbons (Fsp3) is 0.538. The zero-order valence-electron chi connectivity index (χ0n) is 11.4. The van der Waals surface area contributed by atoms with Gasteiger partial charge in [0.1, 0.15) is 5.82 Å². The van der Waals surface area contributed by atoms with Crippen molar-refractivity contribution in [1.29, 1.82) is 0 Å². The summed E-state index contributed by atoms with van der Waals surface area (Å²) in [7, 11) is -2.01. The van der Waals surface area contributed by atoms with Crippen molar-refractivity contribution < 1.29 is 12.8 Å².